The molecule has 3 rings (SSSR count). The third-order valence-corrected chi connectivity index (χ3v) is 5.95. The number of sulfonamides is 1. The van der Waals surface area contributed by atoms with E-state index in [1.807, 2.05) is 30.3 Å². The molecule has 1 fully saturated rings. The summed E-state index contributed by atoms with van der Waals surface area (Å²) in [4.78, 5) is 2.06. The number of piperazine rings is 1. The molecule has 135 valence electrons. The highest BCUT2D eigenvalue weighted by Crippen LogP contribution is 2.18. The highest BCUT2D eigenvalue weighted by molar-refractivity contribution is 7.89. The minimum absolute atomic E-state index is 0.0939. The Labute approximate surface area is 154 Å². The molecule has 0 aromatic heterocycles. The number of rotatable bonds is 4. The molecule has 0 amide bonds. The fourth-order valence-corrected chi connectivity index (χ4v) is 4.01. The lowest BCUT2D eigenvalue weighted by atomic mass is 10.2. The van der Waals surface area contributed by atoms with Gasteiger partial charge < -0.3 is 4.90 Å². The van der Waals surface area contributed by atoms with E-state index in [-0.39, 0.29) is 11.6 Å². The lowest BCUT2D eigenvalue weighted by molar-refractivity contribution is 0.386. The number of benzene rings is 2. The molecule has 1 aliphatic rings. The summed E-state index contributed by atoms with van der Waals surface area (Å²) in [6.45, 7) is 2.00. The molecule has 0 bridgehead atoms. The van der Waals surface area contributed by atoms with E-state index in [2.05, 4.69) is 16.7 Å². The first-order chi connectivity index (χ1) is 12.5. The van der Waals surface area contributed by atoms with Crippen molar-refractivity contribution in [2.75, 3.05) is 36.8 Å². The van der Waals surface area contributed by atoms with Crippen molar-refractivity contribution < 1.29 is 12.8 Å². The standard InChI is InChI=1S/C20H20FN2O2S/c21-19-9-11-20(12-10-19)22-13-15-23(16-14-22)26(24,25)17-5-4-8-18-6-2-1-3-7-18/h1-3,5-7,9-12H,13-17H2. The maximum atomic E-state index is 13.0. The zero-order chi connectivity index (χ0) is 18.4. The second-order valence-electron chi connectivity index (χ2n) is 5.98. The summed E-state index contributed by atoms with van der Waals surface area (Å²) in [5.41, 5.74) is 1.76. The molecule has 4 nitrogen and oxygen atoms in total. The van der Waals surface area contributed by atoms with Gasteiger partial charge in [0.25, 0.3) is 0 Å². The lowest BCUT2D eigenvalue weighted by Gasteiger charge is -2.35. The van der Waals surface area contributed by atoms with Gasteiger partial charge in [0.15, 0.2) is 0 Å². The third kappa shape index (κ3) is 4.84. The van der Waals surface area contributed by atoms with Crippen LogP contribution in [0.25, 0.3) is 0 Å². The summed E-state index contributed by atoms with van der Waals surface area (Å²) >= 11 is 0. The lowest BCUT2D eigenvalue weighted by Crippen LogP contribution is -2.49. The van der Waals surface area contributed by atoms with Gasteiger partial charge in [-0.25, -0.2) is 12.8 Å². The molecule has 1 aliphatic heterocycles. The Morgan fingerprint density at radius 1 is 0.962 bits per heavy atom. The highest BCUT2D eigenvalue weighted by atomic mass is 32.2. The van der Waals surface area contributed by atoms with Crippen molar-refractivity contribution in [2.45, 2.75) is 0 Å². The van der Waals surface area contributed by atoms with Crippen LogP contribution in [0.3, 0.4) is 0 Å². The van der Waals surface area contributed by atoms with Crippen LogP contribution >= 0.6 is 0 Å². The van der Waals surface area contributed by atoms with Gasteiger partial charge in [-0.05, 0) is 36.4 Å². The molecule has 6 heteroatoms. The monoisotopic (exact) mass is 371 g/mol. The van der Waals surface area contributed by atoms with Crippen LogP contribution in [-0.4, -0.2) is 44.7 Å². The Balaban J connectivity index is 1.51. The van der Waals surface area contributed by atoms with Crippen molar-refractivity contribution in [2.24, 2.45) is 0 Å². The van der Waals surface area contributed by atoms with Crippen LogP contribution in [-0.2, 0) is 10.0 Å². The minimum Gasteiger partial charge on any atom is -0.369 e. The normalized spacial score (nSPS) is 15.3. The van der Waals surface area contributed by atoms with Crippen molar-refractivity contribution in [1.82, 2.24) is 4.31 Å². The zero-order valence-electron chi connectivity index (χ0n) is 14.3. The minimum atomic E-state index is -3.36. The number of nitrogens with zero attached hydrogens (tertiary/aromatic N) is 2. The van der Waals surface area contributed by atoms with E-state index in [0.717, 1.165) is 11.3 Å². The van der Waals surface area contributed by atoms with Gasteiger partial charge in [0.1, 0.15) is 5.82 Å². The maximum absolute atomic E-state index is 13.0. The SMILES string of the molecule is O=S(=O)(C[CH]C#Cc1ccccc1)N1CCN(c2ccc(F)cc2)CC1. The molecule has 0 saturated carbocycles. The number of hydrogen-bond acceptors (Lipinski definition) is 3. The summed E-state index contributed by atoms with van der Waals surface area (Å²) < 4.78 is 39.4. The molecule has 0 atom stereocenters. The highest BCUT2D eigenvalue weighted by Gasteiger charge is 2.26. The van der Waals surface area contributed by atoms with Gasteiger partial charge in [0.2, 0.25) is 10.0 Å². The van der Waals surface area contributed by atoms with Gasteiger partial charge in [-0.15, -0.1) is 0 Å². The second kappa shape index (κ2) is 8.35. The van der Waals surface area contributed by atoms with Crippen molar-refractivity contribution in [1.29, 1.82) is 0 Å². The summed E-state index contributed by atoms with van der Waals surface area (Å²) in [6.07, 6.45) is 1.49. The first-order valence-electron chi connectivity index (χ1n) is 8.41. The summed E-state index contributed by atoms with van der Waals surface area (Å²) in [7, 11) is -3.36. The van der Waals surface area contributed by atoms with Crippen LogP contribution in [0.4, 0.5) is 10.1 Å². The number of hydrogen-bond donors (Lipinski definition) is 0. The molecule has 0 spiro atoms. The van der Waals surface area contributed by atoms with E-state index in [1.54, 1.807) is 12.1 Å². The van der Waals surface area contributed by atoms with Crippen LogP contribution in [0.1, 0.15) is 5.56 Å². The Kier molecular flexibility index (Phi) is 5.92. The number of halogens is 1. The Bertz CT molecular complexity index is 879. The van der Waals surface area contributed by atoms with E-state index >= 15 is 0 Å². The van der Waals surface area contributed by atoms with Gasteiger partial charge in [0.05, 0.1) is 12.2 Å². The van der Waals surface area contributed by atoms with E-state index in [1.165, 1.54) is 22.9 Å². The maximum Gasteiger partial charge on any atom is 0.215 e. The van der Waals surface area contributed by atoms with E-state index in [4.69, 9.17) is 0 Å². The molecule has 2 aromatic rings. The Morgan fingerprint density at radius 3 is 2.27 bits per heavy atom. The van der Waals surface area contributed by atoms with Gasteiger partial charge in [-0.3, -0.25) is 0 Å². The van der Waals surface area contributed by atoms with Crippen molar-refractivity contribution in [3.05, 3.63) is 72.4 Å². The van der Waals surface area contributed by atoms with Crippen molar-refractivity contribution in [3.8, 4) is 11.8 Å². The first kappa shape index (κ1) is 18.4. The average molecular weight is 371 g/mol. The summed E-state index contributed by atoms with van der Waals surface area (Å²) in [5, 5.41) is 0. The molecule has 1 heterocycles. The van der Waals surface area contributed by atoms with Crippen LogP contribution in [0, 0.1) is 24.1 Å². The fraction of sp³-hybridized carbons (Fsp3) is 0.250. The van der Waals surface area contributed by atoms with Crippen LogP contribution in [0.15, 0.2) is 54.6 Å². The van der Waals surface area contributed by atoms with Gasteiger partial charge in [-0.1, -0.05) is 30.0 Å². The predicted molar refractivity (Wildman–Crippen MR) is 102 cm³/mol. The topological polar surface area (TPSA) is 40.6 Å². The largest absolute Gasteiger partial charge is 0.369 e. The predicted octanol–water partition coefficient (Wildman–Crippen LogP) is 2.53. The molecule has 1 saturated heterocycles. The van der Waals surface area contributed by atoms with Crippen LogP contribution in [0.2, 0.25) is 0 Å². The fourth-order valence-electron chi connectivity index (χ4n) is 2.78. The van der Waals surface area contributed by atoms with E-state index in [9.17, 15) is 12.8 Å². The molecule has 0 aliphatic carbocycles. The second-order valence-corrected chi connectivity index (χ2v) is 7.99. The molecular formula is C20H20FN2O2S. The van der Waals surface area contributed by atoms with Gasteiger partial charge >= 0.3 is 0 Å². The van der Waals surface area contributed by atoms with Gasteiger partial charge in [-0.2, -0.15) is 4.31 Å². The van der Waals surface area contributed by atoms with Crippen LogP contribution in [0.5, 0.6) is 0 Å². The summed E-state index contributed by atoms with van der Waals surface area (Å²) in [5.74, 6) is 5.37. The zero-order valence-corrected chi connectivity index (χ0v) is 15.1. The average Bonchev–Trinajstić information content (AvgIpc) is 2.67. The molecule has 0 N–H and O–H groups in total. The van der Waals surface area contributed by atoms with Crippen LogP contribution < -0.4 is 4.90 Å². The van der Waals surface area contributed by atoms with E-state index in [0.29, 0.717) is 26.2 Å². The first-order valence-corrected chi connectivity index (χ1v) is 10.0. The van der Waals surface area contributed by atoms with Crippen molar-refractivity contribution >= 4 is 15.7 Å². The van der Waals surface area contributed by atoms with E-state index < -0.39 is 10.0 Å². The molecule has 0 unspecified atom stereocenters. The molecule has 1 radical (unpaired) electrons. The van der Waals surface area contributed by atoms with Crippen molar-refractivity contribution in [3.63, 3.8) is 0 Å². The molecular weight excluding hydrogens is 351 g/mol. The molecule has 2 aromatic carbocycles. The Morgan fingerprint density at radius 2 is 1.62 bits per heavy atom. The smallest absolute Gasteiger partial charge is 0.215 e. The summed E-state index contributed by atoms with van der Waals surface area (Å²) in [6, 6.07) is 15.7. The quantitative estimate of drug-likeness (QED) is 0.776. The van der Waals surface area contributed by atoms with Gasteiger partial charge in [0, 0.05) is 37.4 Å². The third-order valence-electron chi connectivity index (χ3n) is 4.21. The number of anilines is 1. The molecule has 26 heavy (non-hydrogen) atoms. The Hall–Kier alpha value is -2.36.